The Bertz CT molecular complexity index is 1100. The Morgan fingerprint density at radius 1 is 0.889 bits per heavy atom. The molecule has 0 unspecified atom stereocenters. The maximum absolute atomic E-state index is 12.4. The second-order valence-corrected chi connectivity index (χ2v) is 9.36. The lowest BCUT2D eigenvalue weighted by molar-refractivity contribution is -0.150. The highest BCUT2D eigenvalue weighted by atomic mass is 16.6. The fraction of sp³-hybridized carbons (Fsp3) is 0.385. The number of nitrogens with one attached hydrogen (secondary N) is 2. The summed E-state index contributed by atoms with van der Waals surface area (Å²) in [7, 11) is 0. The van der Waals surface area contributed by atoms with E-state index in [0.717, 1.165) is 22.3 Å². The summed E-state index contributed by atoms with van der Waals surface area (Å²) >= 11 is 0. The van der Waals surface area contributed by atoms with E-state index < -0.39 is 48.4 Å². The van der Waals surface area contributed by atoms with E-state index >= 15 is 0 Å². The number of fused-ring (bicyclic) bond motifs is 3. The van der Waals surface area contributed by atoms with Crippen LogP contribution in [0.15, 0.2) is 48.5 Å². The van der Waals surface area contributed by atoms with Crippen LogP contribution in [0.1, 0.15) is 44.7 Å². The largest absolute Gasteiger partial charge is 0.480 e. The number of aliphatic carboxylic acids is 1. The number of amides is 2. The van der Waals surface area contributed by atoms with Crippen molar-refractivity contribution in [3.8, 4) is 11.1 Å². The maximum atomic E-state index is 12.4. The lowest BCUT2D eigenvalue weighted by Crippen LogP contribution is -2.47. The Hall–Kier alpha value is -4.08. The number of hydrogen-bond acceptors (Lipinski definition) is 7. The number of esters is 1. The molecule has 3 rings (SSSR count). The van der Waals surface area contributed by atoms with Gasteiger partial charge in [-0.3, -0.25) is 0 Å². The highest BCUT2D eigenvalue weighted by molar-refractivity contribution is 5.83. The molecule has 10 heteroatoms. The minimum atomic E-state index is -1.52. The molecular weight excluding hydrogens is 468 g/mol. The number of carboxylic acid groups (broad SMARTS) is 1. The molecule has 1 aliphatic rings. The third-order valence-corrected chi connectivity index (χ3v) is 5.41. The van der Waals surface area contributed by atoms with Gasteiger partial charge in [-0.2, -0.15) is 0 Å². The molecule has 0 bridgehead atoms. The van der Waals surface area contributed by atoms with Crippen molar-refractivity contribution >= 4 is 24.1 Å². The van der Waals surface area contributed by atoms with Crippen molar-refractivity contribution in [3.05, 3.63) is 59.7 Å². The first-order valence-corrected chi connectivity index (χ1v) is 11.5. The third-order valence-electron chi connectivity index (χ3n) is 5.41. The van der Waals surface area contributed by atoms with Crippen LogP contribution in [0.4, 0.5) is 9.59 Å². The summed E-state index contributed by atoms with van der Waals surface area (Å²) in [4.78, 5) is 47.9. The molecule has 36 heavy (non-hydrogen) atoms. The molecule has 0 saturated heterocycles. The van der Waals surface area contributed by atoms with Crippen LogP contribution in [0.2, 0.25) is 0 Å². The molecular formula is C26H30N2O8. The van der Waals surface area contributed by atoms with Crippen LogP contribution in [-0.2, 0) is 23.8 Å². The van der Waals surface area contributed by atoms with Gasteiger partial charge in [0.05, 0.1) is 0 Å². The molecule has 10 nitrogen and oxygen atoms in total. The maximum Gasteiger partial charge on any atom is 0.408 e. The molecule has 0 aromatic heterocycles. The van der Waals surface area contributed by atoms with Crippen LogP contribution in [0.25, 0.3) is 11.1 Å². The summed E-state index contributed by atoms with van der Waals surface area (Å²) in [6.07, 6.45) is -1.78. The predicted octanol–water partition coefficient (Wildman–Crippen LogP) is 3.43. The minimum absolute atomic E-state index is 0.0719. The normalized spacial score (nSPS) is 14.0. The zero-order valence-electron chi connectivity index (χ0n) is 20.6. The molecule has 0 fully saturated rings. The summed E-state index contributed by atoms with van der Waals surface area (Å²) < 4.78 is 15.4. The molecule has 0 saturated carbocycles. The predicted molar refractivity (Wildman–Crippen MR) is 129 cm³/mol. The highest BCUT2D eigenvalue weighted by Gasteiger charge is 2.30. The van der Waals surface area contributed by atoms with Crippen LogP contribution in [-0.4, -0.2) is 60.1 Å². The fourth-order valence-electron chi connectivity index (χ4n) is 3.79. The van der Waals surface area contributed by atoms with E-state index in [9.17, 15) is 24.3 Å². The van der Waals surface area contributed by atoms with E-state index in [1.807, 2.05) is 48.5 Å². The quantitative estimate of drug-likeness (QED) is 0.371. The van der Waals surface area contributed by atoms with Crippen LogP contribution >= 0.6 is 0 Å². The molecule has 2 aromatic carbocycles. The van der Waals surface area contributed by atoms with Crippen molar-refractivity contribution in [2.45, 2.75) is 51.3 Å². The van der Waals surface area contributed by atoms with E-state index in [4.69, 9.17) is 14.2 Å². The Balaban J connectivity index is 1.50. The lowest BCUT2D eigenvalue weighted by Gasteiger charge is -2.22. The molecule has 0 radical (unpaired) electrons. The van der Waals surface area contributed by atoms with Gasteiger partial charge in [0.1, 0.15) is 24.9 Å². The molecule has 2 amide bonds. The Morgan fingerprint density at radius 2 is 1.44 bits per heavy atom. The number of alkyl carbamates (subject to hydrolysis) is 2. The van der Waals surface area contributed by atoms with Gasteiger partial charge in [0, 0.05) is 5.92 Å². The van der Waals surface area contributed by atoms with Crippen molar-refractivity contribution in [2.75, 3.05) is 13.2 Å². The van der Waals surface area contributed by atoms with E-state index in [1.54, 1.807) is 20.8 Å². The van der Waals surface area contributed by atoms with Crippen molar-refractivity contribution in [1.82, 2.24) is 10.6 Å². The number of hydrogen-bond donors (Lipinski definition) is 3. The Morgan fingerprint density at radius 3 is 1.97 bits per heavy atom. The standard InChI is InChI=1S/C26H30N2O8/c1-15(23(31)34-14-21(22(29)30)28-25(33)36-26(2,3)4)27-24(32)35-13-20-18-11-7-5-9-16(18)17-10-6-8-12-19(17)20/h5-12,15,20-21H,13-14H2,1-4H3,(H,27,32)(H,28,33)(H,29,30)/t15-,21-/m1/s1. The van der Waals surface area contributed by atoms with Gasteiger partial charge >= 0.3 is 24.1 Å². The van der Waals surface area contributed by atoms with E-state index in [2.05, 4.69) is 10.6 Å². The zero-order valence-corrected chi connectivity index (χ0v) is 20.6. The first-order chi connectivity index (χ1) is 17.0. The van der Waals surface area contributed by atoms with Crippen molar-refractivity contribution in [3.63, 3.8) is 0 Å². The number of ether oxygens (including phenoxy) is 3. The Labute approximate surface area is 208 Å². The van der Waals surface area contributed by atoms with E-state index in [0.29, 0.717) is 0 Å². The topological polar surface area (TPSA) is 140 Å². The smallest absolute Gasteiger partial charge is 0.408 e. The first-order valence-electron chi connectivity index (χ1n) is 11.5. The second kappa shape index (κ2) is 11.1. The molecule has 0 spiro atoms. The molecule has 0 heterocycles. The molecule has 192 valence electrons. The average Bonchev–Trinajstić information content (AvgIpc) is 3.12. The van der Waals surface area contributed by atoms with Gasteiger partial charge in [-0.1, -0.05) is 48.5 Å². The number of carboxylic acids is 1. The van der Waals surface area contributed by atoms with Crippen LogP contribution < -0.4 is 10.6 Å². The van der Waals surface area contributed by atoms with Gasteiger partial charge in [-0.25, -0.2) is 19.2 Å². The van der Waals surface area contributed by atoms with Gasteiger partial charge < -0.3 is 30.0 Å². The van der Waals surface area contributed by atoms with Gasteiger partial charge in [0.15, 0.2) is 6.04 Å². The SMILES string of the molecule is C[C@@H](NC(=O)OCC1c2ccccc2-c2ccccc21)C(=O)OC[C@@H](NC(=O)OC(C)(C)C)C(=O)O. The molecule has 1 aliphatic carbocycles. The Kier molecular flexibility index (Phi) is 8.18. The summed E-state index contributed by atoms with van der Waals surface area (Å²) in [5.41, 5.74) is 3.46. The van der Waals surface area contributed by atoms with Crippen LogP contribution in [0, 0.1) is 0 Å². The number of benzene rings is 2. The first kappa shape index (κ1) is 26.5. The molecule has 0 aliphatic heterocycles. The van der Waals surface area contributed by atoms with E-state index in [-0.39, 0.29) is 12.5 Å². The third kappa shape index (κ3) is 6.74. The number of carbonyl (C=O) groups is 4. The highest BCUT2D eigenvalue weighted by Crippen LogP contribution is 2.44. The van der Waals surface area contributed by atoms with Gasteiger partial charge in [-0.15, -0.1) is 0 Å². The lowest BCUT2D eigenvalue weighted by atomic mass is 9.98. The average molecular weight is 499 g/mol. The molecule has 3 N–H and O–H groups in total. The fourth-order valence-corrected chi connectivity index (χ4v) is 3.79. The molecule has 2 aromatic rings. The second-order valence-electron chi connectivity index (χ2n) is 9.36. The van der Waals surface area contributed by atoms with Crippen molar-refractivity contribution in [1.29, 1.82) is 0 Å². The monoisotopic (exact) mass is 498 g/mol. The summed E-state index contributed by atoms with van der Waals surface area (Å²) in [6.45, 7) is 5.67. The minimum Gasteiger partial charge on any atom is -0.480 e. The van der Waals surface area contributed by atoms with Gasteiger partial charge in [-0.05, 0) is 49.9 Å². The molecule has 2 atom stereocenters. The summed E-state index contributed by atoms with van der Waals surface area (Å²) in [5, 5.41) is 13.8. The summed E-state index contributed by atoms with van der Waals surface area (Å²) in [6, 6.07) is 13.2. The van der Waals surface area contributed by atoms with Crippen molar-refractivity contribution < 1.29 is 38.5 Å². The van der Waals surface area contributed by atoms with Crippen LogP contribution in [0.3, 0.4) is 0 Å². The number of carbonyl (C=O) groups excluding carboxylic acids is 3. The van der Waals surface area contributed by atoms with Crippen LogP contribution in [0.5, 0.6) is 0 Å². The van der Waals surface area contributed by atoms with Gasteiger partial charge in [0.25, 0.3) is 0 Å². The van der Waals surface area contributed by atoms with E-state index in [1.165, 1.54) is 6.92 Å². The van der Waals surface area contributed by atoms with Gasteiger partial charge in [0.2, 0.25) is 0 Å². The zero-order chi connectivity index (χ0) is 26.5. The number of rotatable bonds is 8. The van der Waals surface area contributed by atoms with Crippen molar-refractivity contribution in [2.24, 2.45) is 0 Å². The summed E-state index contributed by atoms with van der Waals surface area (Å²) in [5.74, 6) is -2.44.